The number of hydrogen-bond donors (Lipinski definition) is 3. The van der Waals surface area contributed by atoms with Crippen molar-refractivity contribution in [2.45, 2.75) is 12.6 Å². The third-order valence-corrected chi connectivity index (χ3v) is 4.43. The zero-order chi connectivity index (χ0) is 21.1. The molecule has 1 amide bonds. The molecule has 30 heavy (non-hydrogen) atoms. The van der Waals surface area contributed by atoms with Crippen LogP contribution in [0.1, 0.15) is 6.42 Å². The average Bonchev–Trinajstić information content (AvgIpc) is 3.20. The lowest BCUT2D eigenvalue weighted by Crippen LogP contribution is -2.34. The van der Waals surface area contributed by atoms with E-state index in [1.54, 1.807) is 12.4 Å². The van der Waals surface area contributed by atoms with Crippen molar-refractivity contribution in [2.75, 3.05) is 18.4 Å². The first-order chi connectivity index (χ1) is 14.4. The van der Waals surface area contributed by atoms with E-state index in [-0.39, 0.29) is 13.0 Å². The summed E-state index contributed by atoms with van der Waals surface area (Å²) in [5.41, 5.74) is 2.20. The lowest BCUT2D eigenvalue weighted by molar-refractivity contribution is -0.138. The minimum absolute atomic E-state index is 0.124. The molecule has 154 valence electrons. The number of aromatic amines is 1. The van der Waals surface area contributed by atoms with Gasteiger partial charge in [0.05, 0.1) is 5.52 Å². The summed E-state index contributed by atoms with van der Waals surface area (Å²) in [5, 5.41) is 6.52. The number of pyridine rings is 1. The number of para-hydroxylation sites is 1. The van der Waals surface area contributed by atoms with Gasteiger partial charge in [0.2, 0.25) is 5.91 Å². The second kappa shape index (κ2) is 7.97. The van der Waals surface area contributed by atoms with Gasteiger partial charge in [-0.15, -0.1) is 0 Å². The summed E-state index contributed by atoms with van der Waals surface area (Å²) >= 11 is 0. The fourth-order valence-electron chi connectivity index (χ4n) is 3.07. The number of carbonyl (C=O) groups excluding carboxylic acids is 1. The molecule has 0 unspecified atom stereocenters. The van der Waals surface area contributed by atoms with Gasteiger partial charge in [-0.3, -0.25) is 4.79 Å². The summed E-state index contributed by atoms with van der Waals surface area (Å²) < 4.78 is 36.7. The number of anilines is 1. The van der Waals surface area contributed by atoms with Crippen LogP contribution in [0.15, 0.2) is 48.8 Å². The van der Waals surface area contributed by atoms with E-state index in [9.17, 15) is 18.0 Å². The Labute approximate surface area is 168 Å². The SMILES string of the molecule is O=C(CCNc1nc(-c2ccnc3[nH]ccc23)nc2ccccc12)NCC(F)(F)F. The van der Waals surface area contributed by atoms with Gasteiger partial charge in [0.1, 0.15) is 18.0 Å². The number of rotatable bonds is 6. The van der Waals surface area contributed by atoms with Gasteiger partial charge in [-0.1, -0.05) is 12.1 Å². The van der Waals surface area contributed by atoms with E-state index in [1.807, 2.05) is 41.7 Å². The highest BCUT2D eigenvalue weighted by Gasteiger charge is 2.27. The maximum Gasteiger partial charge on any atom is 0.405 e. The molecule has 0 saturated heterocycles. The molecule has 0 atom stereocenters. The highest BCUT2D eigenvalue weighted by molar-refractivity contribution is 5.95. The van der Waals surface area contributed by atoms with Crippen molar-refractivity contribution in [3.05, 3.63) is 48.8 Å². The van der Waals surface area contributed by atoms with Crippen LogP contribution in [0.3, 0.4) is 0 Å². The summed E-state index contributed by atoms with van der Waals surface area (Å²) in [5.74, 6) is 0.283. The number of H-pyrrole nitrogens is 1. The normalized spacial score (nSPS) is 11.7. The summed E-state index contributed by atoms with van der Waals surface area (Å²) in [6.45, 7) is -1.22. The Morgan fingerprint density at radius 2 is 1.90 bits per heavy atom. The number of amides is 1. The lowest BCUT2D eigenvalue weighted by atomic mass is 10.1. The topological polar surface area (TPSA) is 95.6 Å². The van der Waals surface area contributed by atoms with Gasteiger partial charge < -0.3 is 15.6 Å². The summed E-state index contributed by atoms with van der Waals surface area (Å²) in [6, 6.07) is 11.1. The Morgan fingerprint density at radius 3 is 2.73 bits per heavy atom. The maximum atomic E-state index is 12.2. The monoisotopic (exact) mass is 414 g/mol. The van der Waals surface area contributed by atoms with Crippen LogP contribution in [0, 0.1) is 0 Å². The highest BCUT2D eigenvalue weighted by atomic mass is 19.4. The Bertz CT molecular complexity index is 1200. The number of alkyl halides is 3. The molecule has 1 aromatic carbocycles. The molecule has 7 nitrogen and oxygen atoms in total. The van der Waals surface area contributed by atoms with Gasteiger partial charge in [0.25, 0.3) is 0 Å². The molecule has 0 aliphatic carbocycles. The number of nitrogens with one attached hydrogen (secondary N) is 3. The first-order valence-electron chi connectivity index (χ1n) is 9.17. The summed E-state index contributed by atoms with van der Waals surface area (Å²) in [7, 11) is 0. The van der Waals surface area contributed by atoms with E-state index < -0.39 is 18.6 Å². The van der Waals surface area contributed by atoms with Crippen molar-refractivity contribution in [1.29, 1.82) is 0 Å². The fraction of sp³-hybridized carbons (Fsp3) is 0.200. The fourth-order valence-corrected chi connectivity index (χ4v) is 3.07. The van der Waals surface area contributed by atoms with E-state index in [0.717, 1.165) is 16.3 Å². The molecule has 4 aromatic rings. The molecule has 3 heterocycles. The molecule has 0 saturated carbocycles. The van der Waals surface area contributed by atoms with Crippen LogP contribution in [-0.2, 0) is 4.79 Å². The largest absolute Gasteiger partial charge is 0.405 e. The molecule has 0 radical (unpaired) electrons. The number of nitrogens with zero attached hydrogens (tertiary/aromatic N) is 3. The van der Waals surface area contributed by atoms with E-state index >= 15 is 0 Å². The predicted octanol–water partition coefficient (Wildman–Crippen LogP) is 3.65. The van der Waals surface area contributed by atoms with Crippen molar-refractivity contribution in [1.82, 2.24) is 25.3 Å². The second-order valence-electron chi connectivity index (χ2n) is 6.58. The molecular formula is C20H17F3N6O. The molecular weight excluding hydrogens is 397 g/mol. The number of benzene rings is 1. The van der Waals surface area contributed by atoms with Gasteiger partial charge >= 0.3 is 6.18 Å². The zero-order valence-corrected chi connectivity index (χ0v) is 15.6. The van der Waals surface area contributed by atoms with E-state index in [1.165, 1.54) is 0 Å². The van der Waals surface area contributed by atoms with Crippen LogP contribution in [-0.4, -0.2) is 45.1 Å². The zero-order valence-electron chi connectivity index (χ0n) is 15.6. The summed E-state index contributed by atoms with van der Waals surface area (Å²) in [4.78, 5) is 28.2. The molecule has 0 spiro atoms. The van der Waals surface area contributed by atoms with Gasteiger partial charge in [-0.2, -0.15) is 13.2 Å². The smallest absolute Gasteiger partial charge is 0.369 e. The first kappa shape index (κ1) is 19.6. The van der Waals surface area contributed by atoms with E-state index in [4.69, 9.17) is 0 Å². The van der Waals surface area contributed by atoms with Crippen molar-refractivity contribution >= 4 is 33.7 Å². The maximum absolute atomic E-state index is 12.2. The van der Waals surface area contributed by atoms with Gasteiger partial charge in [0.15, 0.2) is 5.82 Å². The standard InChI is InChI=1S/C20H17F3N6O/c21-20(22,23)11-27-16(30)7-10-26-18-14-3-1-2-4-15(14)28-19(29-18)13-6-9-25-17-12(13)5-8-24-17/h1-6,8-9H,7,10-11H2,(H,24,25)(H,27,30)(H,26,28,29). The molecule has 3 N–H and O–H groups in total. The highest BCUT2D eigenvalue weighted by Crippen LogP contribution is 2.28. The van der Waals surface area contributed by atoms with E-state index in [0.29, 0.717) is 22.8 Å². The van der Waals surface area contributed by atoms with Gasteiger partial charge in [-0.25, -0.2) is 15.0 Å². The van der Waals surface area contributed by atoms with Crippen LogP contribution < -0.4 is 10.6 Å². The van der Waals surface area contributed by atoms with Crippen LogP contribution in [0.2, 0.25) is 0 Å². The molecule has 0 aliphatic rings. The molecule has 0 aliphatic heterocycles. The van der Waals surface area contributed by atoms with Crippen molar-refractivity contribution in [2.24, 2.45) is 0 Å². The quantitative estimate of drug-likeness (QED) is 0.448. The first-order valence-corrected chi connectivity index (χ1v) is 9.17. The number of carbonyl (C=O) groups is 1. The third kappa shape index (κ3) is 4.32. The summed E-state index contributed by atoms with van der Waals surface area (Å²) in [6.07, 6.45) is -1.12. The predicted molar refractivity (Wildman–Crippen MR) is 107 cm³/mol. The van der Waals surface area contributed by atoms with Crippen LogP contribution in [0.4, 0.5) is 19.0 Å². The number of aromatic nitrogens is 4. The van der Waals surface area contributed by atoms with Crippen LogP contribution in [0.25, 0.3) is 33.3 Å². The molecule has 0 bridgehead atoms. The van der Waals surface area contributed by atoms with Crippen molar-refractivity contribution in [3.8, 4) is 11.4 Å². The second-order valence-corrected chi connectivity index (χ2v) is 6.58. The molecule has 10 heteroatoms. The van der Waals surface area contributed by atoms with Crippen molar-refractivity contribution in [3.63, 3.8) is 0 Å². The van der Waals surface area contributed by atoms with Gasteiger partial charge in [0, 0.05) is 41.7 Å². The Balaban J connectivity index is 1.59. The number of hydrogen-bond acceptors (Lipinski definition) is 5. The van der Waals surface area contributed by atoms with Crippen LogP contribution >= 0.6 is 0 Å². The number of halogens is 3. The van der Waals surface area contributed by atoms with Crippen LogP contribution in [0.5, 0.6) is 0 Å². The minimum atomic E-state index is -4.44. The minimum Gasteiger partial charge on any atom is -0.369 e. The Morgan fingerprint density at radius 1 is 1.07 bits per heavy atom. The third-order valence-electron chi connectivity index (χ3n) is 4.43. The van der Waals surface area contributed by atoms with Gasteiger partial charge in [-0.05, 0) is 24.3 Å². The lowest BCUT2D eigenvalue weighted by Gasteiger charge is -2.12. The Kier molecular flexibility index (Phi) is 5.21. The molecule has 4 rings (SSSR count). The molecule has 3 aromatic heterocycles. The Hall–Kier alpha value is -3.69. The van der Waals surface area contributed by atoms with E-state index in [2.05, 4.69) is 25.3 Å². The van der Waals surface area contributed by atoms with Crippen molar-refractivity contribution < 1.29 is 18.0 Å². The number of fused-ring (bicyclic) bond motifs is 2. The average molecular weight is 414 g/mol. The molecule has 0 fully saturated rings.